The third-order valence-corrected chi connectivity index (χ3v) is 3.96. The second-order valence-electron chi connectivity index (χ2n) is 5.30. The zero-order valence-corrected chi connectivity index (χ0v) is 10.7. The molecule has 0 aliphatic carbocycles. The molecule has 3 N–H and O–H groups in total. The Labute approximate surface area is 103 Å². The Morgan fingerprint density at radius 2 is 2.06 bits per heavy atom. The summed E-state index contributed by atoms with van der Waals surface area (Å²) in [7, 11) is 2.10. The number of aliphatic hydroxyl groups is 1. The molecular formula is C14H22N2O. The Balaban J connectivity index is 2.18. The zero-order chi connectivity index (χ0) is 12.5. The van der Waals surface area contributed by atoms with Gasteiger partial charge in [0.05, 0.1) is 5.60 Å². The lowest BCUT2D eigenvalue weighted by atomic mass is 9.82. The predicted octanol–water partition coefficient (Wildman–Crippen LogP) is 1.30. The third kappa shape index (κ3) is 2.51. The second-order valence-corrected chi connectivity index (χ2v) is 5.30. The lowest BCUT2D eigenvalue weighted by Gasteiger charge is -2.30. The van der Waals surface area contributed by atoms with E-state index < -0.39 is 5.60 Å². The summed E-state index contributed by atoms with van der Waals surface area (Å²) in [5, 5.41) is 10.7. The molecular weight excluding hydrogens is 212 g/mol. The molecule has 2 rings (SSSR count). The van der Waals surface area contributed by atoms with Gasteiger partial charge in [0, 0.05) is 19.0 Å². The molecule has 94 valence electrons. The summed E-state index contributed by atoms with van der Waals surface area (Å²) < 4.78 is 0. The molecule has 1 aromatic carbocycles. The van der Waals surface area contributed by atoms with E-state index in [1.54, 1.807) is 0 Å². The standard InChI is InChI=1S/C14H22N2O/c1-14(17,13-7-8-16(2)10-13)12-5-3-11(9-15)4-6-12/h3-6,13,17H,7-10,15H2,1-2H3. The minimum atomic E-state index is -0.738. The predicted molar refractivity (Wildman–Crippen MR) is 69.5 cm³/mol. The van der Waals surface area contributed by atoms with Crippen LogP contribution in [0, 0.1) is 5.92 Å². The Morgan fingerprint density at radius 1 is 1.41 bits per heavy atom. The van der Waals surface area contributed by atoms with Crippen molar-refractivity contribution in [3.63, 3.8) is 0 Å². The molecule has 1 fully saturated rings. The van der Waals surface area contributed by atoms with E-state index in [1.807, 2.05) is 31.2 Å². The number of benzene rings is 1. The van der Waals surface area contributed by atoms with Gasteiger partial charge in [0.1, 0.15) is 0 Å². The van der Waals surface area contributed by atoms with Gasteiger partial charge in [-0.1, -0.05) is 24.3 Å². The highest BCUT2D eigenvalue weighted by Crippen LogP contribution is 2.35. The van der Waals surface area contributed by atoms with Crippen LogP contribution in [0.5, 0.6) is 0 Å². The van der Waals surface area contributed by atoms with E-state index in [0.717, 1.165) is 30.6 Å². The maximum Gasteiger partial charge on any atom is 0.0909 e. The number of likely N-dealkylation sites (tertiary alicyclic amines) is 1. The van der Waals surface area contributed by atoms with Crippen LogP contribution in [0.2, 0.25) is 0 Å². The van der Waals surface area contributed by atoms with E-state index in [4.69, 9.17) is 5.73 Å². The molecule has 1 aliphatic rings. The van der Waals surface area contributed by atoms with Crippen LogP contribution in [0.4, 0.5) is 0 Å². The molecule has 0 aromatic heterocycles. The van der Waals surface area contributed by atoms with Crippen molar-refractivity contribution >= 4 is 0 Å². The fraction of sp³-hybridized carbons (Fsp3) is 0.571. The fourth-order valence-electron chi connectivity index (χ4n) is 2.61. The summed E-state index contributed by atoms with van der Waals surface area (Å²) >= 11 is 0. The van der Waals surface area contributed by atoms with E-state index >= 15 is 0 Å². The molecule has 0 radical (unpaired) electrons. The molecule has 1 aromatic rings. The molecule has 2 unspecified atom stereocenters. The van der Waals surface area contributed by atoms with Crippen LogP contribution in [0.3, 0.4) is 0 Å². The lowest BCUT2D eigenvalue weighted by molar-refractivity contribution is -0.00121. The van der Waals surface area contributed by atoms with Crippen molar-refractivity contribution in [1.82, 2.24) is 4.90 Å². The van der Waals surface area contributed by atoms with Gasteiger partial charge in [0.15, 0.2) is 0 Å². The summed E-state index contributed by atoms with van der Waals surface area (Å²) in [4.78, 5) is 2.27. The quantitative estimate of drug-likeness (QED) is 0.829. The molecule has 0 amide bonds. The number of hydrogen-bond donors (Lipinski definition) is 2. The van der Waals surface area contributed by atoms with Crippen molar-refractivity contribution in [2.24, 2.45) is 11.7 Å². The number of hydrogen-bond acceptors (Lipinski definition) is 3. The Hall–Kier alpha value is -0.900. The van der Waals surface area contributed by atoms with Crippen LogP contribution >= 0.6 is 0 Å². The average Bonchev–Trinajstić information content (AvgIpc) is 2.77. The second kappa shape index (κ2) is 4.77. The summed E-state index contributed by atoms with van der Waals surface area (Å²) in [5.74, 6) is 0.316. The van der Waals surface area contributed by atoms with E-state index in [-0.39, 0.29) is 0 Å². The Kier molecular flexibility index (Phi) is 3.52. The van der Waals surface area contributed by atoms with Gasteiger partial charge < -0.3 is 15.7 Å². The van der Waals surface area contributed by atoms with Crippen LogP contribution in [-0.4, -0.2) is 30.1 Å². The maximum atomic E-state index is 10.7. The topological polar surface area (TPSA) is 49.5 Å². The normalized spacial score (nSPS) is 24.8. The van der Waals surface area contributed by atoms with Crippen molar-refractivity contribution in [3.8, 4) is 0 Å². The number of nitrogens with zero attached hydrogens (tertiary/aromatic N) is 1. The first kappa shape index (κ1) is 12.6. The molecule has 0 saturated carbocycles. The van der Waals surface area contributed by atoms with Crippen molar-refractivity contribution in [3.05, 3.63) is 35.4 Å². The molecule has 0 bridgehead atoms. The first-order valence-electron chi connectivity index (χ1n) is 6.24. The minimum absolute atomic E-state index is 0.316. The summed E-state index contributed by atoms with van der Waals surface area (Å²) in [5.41, 5.74) is 6.94. The highest BCUT2D eigenvalue weighted by atomic mass is 16.3. The zero-order valence-electron chi connectivity index (χ0n) is 10.7. The van der Waals surface area contributed by atoms with E-state index in [9.17, 15) is 5.11 Å². The molecule has 3 nitrogen and oxygen atoms in total. The molecule has 1 heterocycles. The average molecular weight is 234 g/mol. The van der Waals surface area contributed by atoms with E-state index in [2.05, 4.69) is 11.9 Å². The Bertz CT molecular complexity index is 372. The van der Waals surface area contributed by atoms with Crippen molar-refractivity contribution in [2.75, 3.05) is 20.1 Å². The van der Waals surface area contributed by atoms with Gasteiger partial charge in [-0.2, -0.15) is 0 Å². The SMILES string of the molecule is CN1CCC(C(C)(O)c2ccc(CN)cc2)C1. The molecule has 17 heavy (non-hydrogen) atoms. The van der Waals surface area contributed by atoms with Crippen molar-refractivity contribution in [1.29, 1.82) is 0 Å². The minimum Gasteiger partial charge on any atom is -0.385 e. The third-order valence-electron chi connectivity index (χ3n) is 3.96. The Morgan fingerprint density at radius 3 is 2.53 bits per heavy atom. The summed E-state index contributed by atoms with van der Waals surface area (Å²) in [6, 6.07) is 8.01. The first-order valence-corrected chi connectivity index (χ1v) is 6.24. The van der Waals surface area contributed by atoms with Gasteiger partial charge in [-0.15, -0.1) is 0 Å². The van der Waals surface area contributed by atoms with Gasteiger partial charge >= 0.3 is 0 Å². The van der Waals surface area contributed by atoms with Crippen LogP contribution < -0.4 is 5.73 Å². The molecule has 2 atom stereocenters. The number of rotatable bonds is 3. The van der Waals surface area contributed by atoms with E-state index in [0.29, 0.717) is 12.5 Å². The summed E-state index contributed by atoms with van der Waals surface area (Å²) in [6.45, 7) is 4.51. The van der Waals surface area contributed by atoms with Gasteiger partial charge in [-0.05, 0) is 38.1 Å². The first-order chi connectivity index (χ1) is 8.04. The van der Waals surface area contributed by atoms with Crippen molar-refractivity contribution < 1.29 is 5.11 Å². The molecule has 1 saturated heterocycles. The van der Waals surface area contributed by atoms with Gasteiger partial charge in [-0.3, -0.25) is 0 Å². The van der Waals surface area contributed by atoms with E-state index in [1.165, 1.54) is 0 Å². The fourth-order valence-corrected chi connectivity index (χ4v) is 2.61. The molecule has 0 spiro atoms. The van der Waals surface area contributed by atoms with Crippen molar-refractivity contribution in [2.45, 2.75) is 25.5 Å². The smallest absolute Gasteiger partial charge is 0.0909 e. The number of nitrogens with two attached hydrogens (primary N) is 1. The largest absolute Gasteiger partial charge is 0.385 e. The van der Waals surface area contributed by atoms with Gasteiger partial charge in [0.2, 0.25) is 0 Å². The van der Waals surface area contributed by atoms with Crippen LogP contribution in [0.25, 0.3) is 0 Å². The lowest BCUT2D eigenvalue weighted by Crippen LogP contribution is -2.33. The summed E-state index contributed by atoms with van der Waals surface area (Å²) in [6.07, 6.45) is 1.06. The molecule has 3 heteroatoms. The molecule has 1 aliphatic heterocycles. The van der Waals surface area contributed by atoms with Crippen LogP contribution in [0.1, 0.15) is 24.5 Å². The highest BCUT2D eigenvalue weighted by molar-refractivity contribution is 5.27. The van der Waals surface area contributed by atoms with Crippen LogP contribution in [0.15, 0.2) is 24.3 Å². The highest BCUT2D eigenvalue weighted by Gasteiger charge is 2.37. The van der Waals surface area contributed by atoms with Gasteiger partial charge in [-0.25, -0.2) is 0 Å². The monoisotopic (exact) mass is 234 g/mol. The van der Waals surface area contributed by atoms with Gasteiger partial charge in [0.25, 0.3) is 0 Å². The maximum absolute atomic E-state index is 10.7. The van der Waals surface area contributed by atoms with Crippen LogP contribution in [-0.2, 0) is 12.1 Å².